The van der Waals surface area contributed by atoms with Crippen LogP contribution in [0.15, 0.2) is 39.9 Å². The fourth-order valence-electron chi connectivity index (χ4n) is 2.47. The number of hydrogen-bond donors (Lipinski definition) is 3. The van der Waals surface area contributed by atoms with Crippen LogP contribution in [0, 0.1) is 0 Å². The number of H-pyrrole nitrogens is 2. The van der Waals surface area contributed by atoms with Gasteiger partial charge in [0.25, 0.3) is 5.56 Å². The predicted octanol–water partition coefficient (Wildman–Crippen LogP) is 2.65. The standard InChI is InChI=1S/C15H11Cl2N3O2/c16-7-1-2-9(12(17)5-7)8-3-4-10-13(11(8)6-18)19-15(22)20-14(10)21/h1-5H,6,18H2,(H2,19,20,21,22). The average Bonchev–Trinajstić information content (AvgIpc) is 2.46. The van der Waals surface area contributed by atoms with Crippen molar-refractivity contribution < 1.29 is 0 Å². The molecule has 0 aliphatic carbocycles. The molecule has 3 rings (SSSR count). The number of halogens is 2. The first-order valence-corrected chi connectivity index (χ1v) is 7.20. The highest BCUT2D eigenvalue weighted by Crippen LogP contribution is 2.34. The molecule has 0 aliphatic heterocycles. The van der Waals surface area contributed by atoms with Gasteiger partial charge in [-0.2, -0.15) is 0 Å². The summed E-state index contributed by atoms with van der Waals surface area (Å²) in [6, 6.07) is 8.50. The molecule has 0 bridgehead atoms. The van der Waals surface area contributed by atoms with Gasteiger partial charge in [0.2, 0.25) is 0 Å². The maximum absolute atomic E-state index is 11.9. The first-order valence-electron chi connectivity index (χ1n) is 6.45. The number of nitrogens with two attached hydrogens (primary N) is 1. The number of fused-ring (bicyclic) bond motifs is 1. The highest BCUT2D eigenvalue weighted by molar-refractivity contribution is 6.36. The summed E-state index contributed by atoms with van der Waals surface area (Å²) in [7, 11) is 0. The van der Waals surface area contributed by atoms with Crippen molar-refractivity contribution in [2.24, 2.45) is 5.73 Å². The second-order valence-electron chi connectivity index (χ2n) is 4.75. The molecule has 0 fully saturated rings. The van der Waals surface area contributed by atoms with E-state index < -0.39 is 11.2 Å². The van der Waals surface area contributed by atoms with Crippen LogP contribution in [0.1, 0.15) is 5.56 Å². The Labute approximate surface area is 134 Å². The molecule has 0 aliphatic rings. The highest BCUT2D eigenvalue weighted by atomic mass is 35.5. The van der Waals surface area contributed by atoms with Gasteiger partial charge in [-0.3, -0.25) is 9.78 Å². The molecule has 0 saturated heterocycles. The molecule has 5 nitrogen and oxygen atoms in total. The van der Waals surface area contributed by atoms with Crippen molar-refractivity contribution in [3.05, 3.63) is 66.8 Å². The van der Waals surface area contributed by atoms with Crippen LogP contribution in [0.2, 0.25) is 10.0 Å². The van der Waals surface area contributed by atoms with Crippen molar-refractivity contribution in [1.82, 2.24) is 9.97 Å². The van der Waals surface area contributed by atoms with Crippen molar-refractivity contribution in [3.8, 4) is 11.1 Å². The summed E-state index contributed by atoms with van der Waals surface area (Å²) in [5.41, 5.74) is 7.34. The Balaban J connectivity index is 2.40. The Bertz CT molecular complexity index is 992. The van der Waals surface area contributed by atoms with Gasteiger partial charge in [0, 0.05) is 22.2 Å². The summed E-state index contributed by atoms with van der Waals surface area (Å²) in [5.74, 6) is 0. The molecule has 2 aromatic carbocycles. The van der Waals surface area contributed by atoms with Crippen LogP contribution < -0.4 is 17.0 Å². The van der Waals surface area contributed by atoms with Gasteiger partial charge < -0.3 is 10.7 Å². The summed E-state index contributed by atoms with van der Waals surface area (Å²) in [6.07, 6.45) is 0. The van der Waals surface area contributed by atoms with Crippen LogP contribution in [0.25, 0.3) is 22.0 Å². The van der Waals surface area contributed by atoms with E-state index in [0.29, 0.717) is 26.5 Å². The van der Waals surface area contributed by atoms with Gasteiger partial charge in [-0.1, -0.05) is 35.3 Å². The molecule has 0 spiro atoms. The molecular formula is C15H11Cl2N3O2. The summed E-state index contributed by atoms with van der Waals surface area (Å²) in [6.45, 7) is 0.144. The fraction of sp³-hybridized carbons (Fsp3) is 0.0667. The Morgan fingerprint density at radius 1 is 1.00 bits per heavy atom. The lowest BCUT2D eigenvalue weighted by molar-refractivity contribution is 1.04. The summed E-state index contributed by atoms with van der Waals surface area (Å²) in [5, 5.41) is 1.36. The van der Waals surface area contributed by atoms with Gasteiger partial charge in [0.1, 0.15) is 0 Å². The molecule has 1 heterocycles. The van der Waals surface area contributed by atoms with E-state index in [0.717, 1.165) is 11.1 Å². The second-order valence-corrected chi connectivity index (χ2v) is 5.59. The minimum absolute atomic E-state index is 0.144. The number of nitrogens with one attached hydrogen (secondary N) is 2. The minimum atomic E-state index is -0.577. The van der Waals surface area contributed by atoms with Crippen LogP contribution in [0.3, 0.4) is 0 Å². The quantitative estimate of drug-likeness (QED) is 0.672. The zero-order valence-corrected chi connectivity index (χ0v) is 12.8. The zero-order chi connectivity index (χ0) is 15.9. The normalized spacial score (nSPS) is 11.0. The van der Waals surface area contributed by atoms with E-state index in [1.165, 1.54) is 0 Å². The Hall–Kier alpha value is -2.08. The third-order valence-electron chi connectivity index (χ3n) is 3.45. The van der Waals surface area contributed by atoms with Crippen molar-refractivity contribution >= 4 is 34.1 Å². The van der Waals surface area contributed by atoms with E-state index in [1.54, 1.807) is 30.3 Å². The molecule has 4 N–H and O–H groups in total. The maximum Gasteiger partial charge on any atom is 0.326 e. The molecule has 22 heavy (non-hydrogen) atoms. The van der Waals surface area contributed by atoms with Crippen LogP contribution in [-0.2, 0) is 6.54 Å². The lowest BCUT2D eigenvalue weighted by atomic mass is 9.97. The summed E-state index contributed by atoms with van der Waals surface area (Å²) in [4.78, 5) is 28.2. The summed E-state index contributed by atoms with van der Waals surface area (Å²) < 4.78 is 0. The van der Waals surface area contributed by atoms with Gasteiger partial charge >= 0.3 is 5.69 Å². The number of aromatic amines is 2. The molecule has 3 aromatic rings. The Morgan fingerprint density at radius 3 is 2.41 bits per heavy atom. The number of rotatable bonds is 2. The van der Waals surface area contributed by atoms with Gasteiger partial charge in [0.15, 0.2) is 0 Å². The molecule has 1 aromatic heterocycles. The average molecular weight is 336 g/mol. The van der Waals surface area contributed by atoms with Crippen LogP contribution in [0.4, 0.5) is 0 Å². The predicted molar refractivity (Wildman–Crippen MR) is 88.5 cm³/mol. The van der Waals surface area contributed by atoms with E-state index in [4.69, 9.17) is 28.9 Å². The molecular weight excluding hydrogens is 325 g/mol. The zero-order valence-electron chi connectivity index (χ0n) is 11.2. The van der Waals surface area contributed by atoms with Crippen LogP contribution >= 0.6 is 23.2 Å². The molecule has 7 heteroatoms. The minimum Gasteiger partial charge on any atom is -0.326 e. The first kappa shape index (κ1) is 14.8. The van der Waals surface area contributed by atoms with E-state index >= 15 is 0 Å². The SMILES string of the molecule is NCc1c(-c2ccc(Cl)cc2Cl)ccc2c(=O)[nH]c(=O)[nH]c12. The number of aromatic nitrogens is 2. The lowest BCUT2D eigenvalue weighted by Gasteiger charge is -2.12. The van der Waals surface area contributed by atoms with Gasteiger partial charge in [-0.05, 0) is 29.3 Å². The molecule has 0 saturated carbocycles. The maximum atomic E-state index is 11.9. The lowest BCUT2D eigenvalue weighted by Crippen LogP contribution is -2.23. The third kappa shape index (κ3) is 2.43. The van der Waals surface area contributed by atoms with Gasteiger partial charge in [-0.25, -0.2) is 4.79 Å². The second kappa shape index (κ2) is 5.61. The van der Waals surface area contributed by atoms with Crippen molar-refractivity contribution in [2.75, 3.05) is 0 Å². The van der Waals surface area contributed by atoms with Crippen LogP contribution in [0.5, 0.6) is 0 Å². The first-order chi connectivity index (χ1) is 10.5. The Kier molecular flexibility index (Phi) is 3.78. The van der Waals surface area contributed by atoms with Crippen LogP contribution in [-0.4, -0.2) is 9.97 Å². The smallest absolute Gasteiger partial charge is 0.326 e. The molecule has 0 radical (unpaired) electrons. The number of hydrogen-bond acceptors (Lipinski definition) is 3. The molecule has 0 atom stereocenters. The monoisotopic (exact) mass is 335 g/mol. The van der Waals surface area contributed by atoms with E-state index in [1.807, 2.05) is 0 Å². The van der Waals surface area contributed by atoms with E-state index in [9.17, 15) is 9.59 Å². The van der Waals surface area contributed by atoms with Gasteiger partial charge in [0.05, 0.1) is 10.9 Å². The molecule has 0 amide bonds. The third-order valence-corrected chi connectivity index (χ3v) is 4.00. The van der Waals surface area contributed by atoms with Crippen molar-refractivity contribution in [1.29, 1.82) is 0 Å². The topological polar surface area (TPSA) is 91.7 Å². The van der Waals surface area contributed by atoms with E-state index in [2.05, 4.69) is 9.97 Å². The van der Waals surface area contributed by atoms with Gasteiger partial charge in [-0.15, -0.1) is 0 Å². The van der Waals surface area contributed by atoms with Crippen molar-refractivity contribution in [2.45, 2.75) is 6.54 Å². The highest BCUT2D eigenvalue weighted by Gasteiger charge is 2.14. The molecule has 0 unspecified atom stereocenters. The fourth-order valence-corrected chi connectivity index (χ4v) is 2.98. The Morgan fingerprint density at radius 2 is 1.73 bits per heavy atom. The van der Waals surface area contributed by atoms with E-state index in [-0.39, 0.29) is 6.54 Å². The largest absolute Gasteiger partial charge is 0.326 e. The summed E-state index contributed by atoms with van der Waals surface area (Å²) >= 11 is 12.2. The number of benzene rings is 2. The molecule has 112 valence electrons. The van der Waals surface area contributed by atoms with Crippen molar-refractivity contribution in [3.63, 3.8) is 0 Å².